The molecular formula is C6H17N3O6S2. The molecule has 0 aliphatic carbocycles. The first-order valence-corrected chi connectivity index (χ1v) is 8.01. The van der Waals surface area contributed by atoms with Gasteiger partial charge in [-0.2, -0.15) is 22.4 Å². The van der Waals surface area contributed by atoms with Crippen LogP contribution in [-0.4, -0.2) is 42.6 Å². The summed E-state index contributed by atoms with van der Waals surface area (Å²) in [4.78, 5) is 0. The molecule has 0 radical (unpaired) electrons. The van der Waals surface area contributed by atoms with Gasteiger partial charge in [-0.25, -0.2) is 0 Å². The largest absolute Gasteiger partial charge is 0.305 e. The second-order valence-corrected chi connectivity index (χ2v) is 6.18. The number of hydrogen-bond donors (Lipinski definition) is 2. The Bertz CT molecular complexity index is 354. The maximum atomic E-state index is 10.5. The van der Waals surface area contributed by atoms with E-state index < -0.39 is 20.2 Å². The van der Waals surface area contributed by atoms with Crippen molar-refractivity contribution in [3.8, 4) is 0 Å². The van der Waals surface area contributed by atoms with E-state index in [1.165, 1.54) is 0 Å². The van der Waals surface area contributed by atoms with E-state index in [4.69, 9.17) is 5.53 Å². The van der Waals surface area contributed by atoms with Crippen LogP contribution in [0.25, 0.3) is 0 Å². The zero-order chi connectivity index (χ0) is 13.9. The lowest BCUT2D eigenvalue weighted by molar-refractivity contribution is 0.273. The molecule has 0 saturated carbocycles. The van der Waals surface area contributed by atoms with E-state index in [0.717, 1.165) is 12.5 Å². The first kappa shape index (κ1) is 18.6. The van der Waals surface area contributed by atoms with Gasteiger partial charge in [0, 0.05) is 0 Å². The van der Waals surface area contributed by atoms with Crippen LogP contribution in [0.15, 0.2) is 5.22 Å². The monoisotopic (exact) mass is 291 g/mol. The van der Waals surface area contributed by atoms with Crippen molar-refractivity contribution in [3.63, 3.8) is 0 Å². The fourth-order valence-electron chi connectivity index (χ4n) is 0.625. The first-order chi connectivity index (χ1) is 7.62. The van der Waals surface area contributed by atoms with Crippen molar-refractivity contribution in [2.45, 2.75) is 12.8 Å². The molecule has 0 fully saturated rings. The Morgan fingerprint density at radius 2 is 1.24 bits per heavy atom. The molecule has 104 valence electrons. The van der Waals surface area contributed by atoms with Gasteiger partial charge in [-0.3, -0.25) is 8.37 Å². The van der Waals surface area contributed by atoms with E-state index in [0.29, 0.717) is 12.8 Å². The number of nitrogens with two attached hydrogens (primary N) is 1. The number of nitrogens with one attached hydrogen (secondary N) is 1. The van der Waals surface area contributed by atoms with Crippen molar-refractivity contribution in [1.82, 2.24) is 0 Å². The third kappa shape index (κ3) is 25.5. The lowest BCUT2D eigenvalue weighted by Gasteiger charge is -2.01. The van der Waals surface area contributed by atoms with Gasteiger partial charge in [-0.1, -0.05) is 5.22 Å². The molecule has 0 amide bonds. The second kappa shape index (κ2) is 9.27. The van der Waals surface area contributed by atoms with Gasteiger partial charge in [-0.15, -0.1) is 0 Å². The topological polar surface area (TPSA) is 149 Å². The van der Waals surface area contributed by atoms with Gasteiger partial charge < -0.3 is 5.84 Å². The molecule has 0 atom stereocenters. The quantitative estimate of drug-likeness (QED) is 0.213. The number of nitrogens with zero attached hydrogens (tertiary/aromatic N) is 1. The maximum Gasteiger partial charge on any atom is 0.264 e. The fourth-order valence-corrected chi connectivity index (χ4v) is 1.47. The van der Waals surface area contributed by atoms with Crippen molar-refractivity contribution in [2.24, 2.45) is 11.1 Å². The molecule has 0 heterocycles. The van der Waals surface area contributed by atoms with Crippen LogP contribution in [0.2, 0.25) is 0 Å². The summed E-state index contributed by atoms with van der Waals surface area (Å²) in [6.07, 6.45) is 2.78. The number of hydrogen-bond acceptors (Lipinski definition) is 8. The van der Waals surface area contributed by atoms with Crippen LogP contribution >= 0.6 is 0 Å². The van der Waals surface area contributed by atoms with Crippen molar-refractivity contribution in [2.75, 3.05) is 25.7 Å². The van der Waals surface area contributed by atoms with Gasteiger partial charge in [0.05, 0.1) is 25.7 Å². The molecule has 0 bridgehead atoms. The third-order valence-electron chi connectivity index (χ3n) is 1.13. The summed E-state index contributed by atoms with van der Waals surface area (Å²) >= 11 is 0. The number of rotatable bonds is 7. The molecule has 0 aliphatic rings. The van der Waals surface area contributed by atoms with Gasteiger partial charge in [0.25, 0.3) is 20.2 Å². The van der Waals surface area contributed by atoms with Crippen LogP contribution in [0.1, 0.15) is 12.8 Å². The van der Waals surface area contributed by atoms with Crippen molar-refractivity contribution < 1.29 is 25.2 Å². The Labute approximate surface area is 101 Å². The van der Waals surface area contributed by atoms with E-state index in [2.05, 4.69) is 19.4 Å². The second-order valence-electron chi connectivity index (χ2n) is 2.89. The Hall–Kier alpha value is -0.780. The van der Waals surface area contributed by atoms with E-state index in [-0.39, 0.29) is 13.2 Å². The van der Waals surface area contributed by atoms with Gasteiger partial charge in [0.15, 0.2) is 0 Å². The molecule has 0 aromatic carbocycles. The molecule has 0 spiro atoms. The molecule has 17 heavy (non-hydrogen) atoms. The van der Waals surface area contributed by atoms with Gasteiger partial charge >= 0.3 is 0 Å². The summed E-state index contributed by atoms with van der Waals surface area (Å²) in [6, 6.07) is 0. The number of unbranched alkanes of at least 4 members (excludes halogenated alkanes) is 1. The molecule has 0 aromatic heterocycles. The summed E-state index contributed by atoms with van der Waals surface area (Å²) in [7, 11) is -6.80. The average molecular weight is 291 g/mol. The Kier molecular flexibility index (Phi) is 10.1. The minimum atomic E-state index is -3.40. The summed E-state index contributed by atoms with van der Waals surface area (Å²) in [5.74, 6) is 4.14. The SMILES string of the molecule is CS(=O)(=O)OCCCCOS(C)(=O)=O.N=NN. The van der Waals surface area contributed by atoms with Crippen LogP contribution in [0.4, 0.5) is 0 Å². The highest BCUT2D eigenvalue weighted by molar-refractivity contribution is 7.86. The molecule has 3 N–H and O–H groups in total. The van der Waals surface area contributed by atoms with Gasteiger partial charge in [0.2, 0.25) is 0 Å². The summed E-state index contributed by atoms with van der Waals surface area (Å²) in [5, 5.41) is 2.25. The summed E-state index contributed by atoms with van der Waals surface area (Å²) in [5.41, 5.74) is 5.61. The van der Waals surface area contributed by atoms with Gasteiger partial charge in [0.1, 0.15) is 0 Å². The Morgan fingerprint density at radius 1 is 1.00 bits per heavy atom. The molecular weight excluding hydrogens is 274 g/mol. The predicted molar refractivity (Wildman–Crippen MR) is 60.2 cm³/mol. The zero-order valence-electron chi connectivity index (χ0n) is 9.62. The average Bonchev–Trinajstić information content (AvgIpc) is 2.09. The van der Waals surface area contributed by atoms with E-state index in [1.54, 1.807) is 0 Å². The highest BCUT2D eigenvalue weighted by atomic mass is 32.2. The summed E-state index contributed by atoms with van der Waals surface area (Å²) < 4.78 is 50.8. The molecule has 0 aromatic rings. The maximum absolute atomic E-state index is 10.5. The van der Waals surface area contributed by atoms with Crippen LogP contribution < -0.4 is 5.84 Å². The smallest absolute Gasteiger partial charge is 0.264 e. The highest BCUT2D eigenvalue weighted by Crippen LogP contribution is 1.96. The van der Waals surface area contributed by atoms with Crippen LogP contribution in [0.3, 0.4) is 0 Å². The molecule has 0 unspecified atom stereocenters. The molecule has 11 heteroatoms. The Balaban J connectivity index is 0. The molecule has 0 saturated heterocycles. The fraction of sp³-hybridized carbons (Fsp3) is 1.00. The van der Waals surface area contributed by atoms with Crippen LogP contribution in [-0.2, 0) is 28.6 Å². The standard InChI is InChI=1S/C6H14O6S2.H3N3/c1-13(7,8)11-5-3-4-6-12-14(2,9)10;1-3-2/h3-6H2,1-2H3;(H3,1,2). The van der Waals surface area contributed by atoms with Crippen molar-refractivity contribution in [1.29, 1.82) is 5.53 Å². The van der Waals surface area contributed by atoms with Crippen LogP contribution in [0, 0.1) is 5.53 Å². The zero-order valence-corrected chi connectivity index (χ0v) is 11.3. The normalized spacial score (nSPS) is 11.4. The highest BCUT2D eigenvalue weighted by Gasteiger charge is 2.02. The minimum Gasteiger partial charge on any atom is -0.305 e. The minimum absolute atomic E-state index is 0.0476. The van der Waals surface area contributed by atoms with Crippen molar-refractivity contribution >= 4 is 20.2 Å². The van der Waals surface area contributed by atoms with Crippen molar-refractivity contribution in [3.05, 3.63) is 0 Å². The molecule has 0 aliphatic heterocycles. The molecule has 9 nitrogen and oxygen atoms in total. The van der Waals surface area contributed by atoms with E-state index in [1.807, 2.05) is 0 Å². The first-order valence-electron chi connectivity index (χ1n) is 4.38. The molecule has 0 rings (SSSR count). The van der Waals surface area contributed by atoms with E-state index >= 15 is 0 Å². The third-order valence-corrected chi connectivity index (χ3v) is 2.32. The lowest BCUT2D eigenvalue weighted by atomic mass is 10.3. The Morgan fingerprint density at radius 3 is 1.41 bits per heavy atom. The van der Waals surface area contributed by atoms with E-state index in [9.17, 15) is 16.8 Å². The summed E-state index contributed by atoms with van der Waals surface area (Å²) in [6.45, 7) is 0.0951. The predicted octanol–water partition coefficient (Wildman–Crippen LogP) is -0.390. The van der Waals surface area contributed by atoms with Gasteiger partial charge in [-0.05, 0) is 12.8 Å². The lowest BCUT2D eigenvalue weighted by Crippen LogP contribution is -2.07. The van der Waals surface area contributed by atoms with Crippen LogP contribution in [0.5, 0.6) is 0 Å².